The molecule has 1 atom stereocenters. The Bertz CT molecular complexity index is 349. The maximum Gasteiger partial charge on any atom is 0.0380 e. The van der Waals surface area contributed by atoms with Crippen molar-refractivity contribution in [1.29, 1.82) is 0 Å². The summed E-state index contributed by atoms with van der Waals surface area (Å²) in [4.78, 5) is 0. The number of benzene rings is 1. The summed E-state index contributed by atoms with van der Waals surface area (Å²) in [7, 11) is 0. The molecule has 0 saturated carbocycles. The molecule has 0 spiro atoms. The predicted molar refractivity (Wildman–Crippen MR) is 82.4 cm³/mol. The van der Waals surface area contributed by atoms with E-state index in [0.717, 1.165) is 0 Å². The fourth-order valence-corrected chi connectivity index (χ4v) is 2.30. The number of anilines is 1. The second-order valence-electron chi connectivity index (χ2n) is 6.34. The summed E-state index contributed by atoms with van der Waals surface area (Å²) in [5.74, 6) is 0. The molecule has 1 aromatic rings. The van der Waals surface area contributed by atoms with Crippen molar-refractivity contribution >= 4 is 5.69 Å². The minimum atomic E-state index is 0.201. The van der Waals surface area contributed by atoms with E-state index in [1.807, 2.05) is 0 Å². The summed E-state index contributed by atoms with van der Waals surface area (Å²) >= 11 is 0. The molecule has 0 aliphatic heterocycles. The second-order valence-corrected chi connectivity index (χ2v) is 6.34. The number of rotatable bonds is 6. The molecule has 1 unspecified atom stereocenters. The second kappa shape index (κ2) is 6.82. The van der Waals surface area contributed by atoms with Gasteiger partial charge in [-0.2, -0.15) is 0 Å². The number of nitrogens with one attached hydrogen (secondary N) is 1. The Morgan fingerprint density at radius 3 is 2.39 bits per heavy atom. The van der Waals surface area contributed by atoms with Crippen LogP contribution < -0.4 is 5.32 Å². The fraction of sp³-hybridized carbons (Fsp3) is 0.647. The van der Waals surface area contributed by atoms with Crippen molar-refractivity contribution in [2.75, 3.05) is 5.32 Å². The molecular formula is C17H29N. The molecule has 1 rings (SSSR count). The van der Waals surface area contributed by atoms with Gasteiger partial charge in [0.2, 0.25) is 0 Å². The quantitative estimate of drug-likeness (QED) is 0.667. The Kier molecular flexibility index (Phi) is 5.71. The first-order valence-corrected chi connectivity index (χ1v) is 7.31. The van der Waals surface area contributed by atoms with E-state index in [1.54, 1.807) is 0 Å². The van der Waals surface area contributed by atoms with E-state index < -0.39 is 0 Å². The van der Waals surface area contributed by atoms with Crippen LogP contribution in [0.3, 0.4) is 0 Å². The van der Waals surface area contributed by atoms with Crippen LogP contribution >= 0.6 is 0 Å². The molecule has 0 aromatic heterocycles. The van der Waals surface area contributed by atoms with E-state index in [-0.39, 0.29) is 5.41 Å². The van der Waals surface area contributed by atoms with Crippen LogP contribution in [0.25, 0.3) is 0 Å². The molecule has 0 heterocycles. The highest BCUT2D eigenvalue weighted by Gasteiger charge is 2.17. The van der Waals surface area contributed by atoms with Gasteiger partial charge in [-0.15, -0.1) is 0 Å². The highest BCUT2D eigenvalue weighted by Crippen LogP contribution is 2.29. The number of hydrogen-bond acceptors (Lipinski definition) is 1. The highest BCUT2D eigenvalue weighted by atomic mass is 14.9. The van der Waals surface area contributed by atoms with Crippen LogP contribution in [-0.2, 0) is 5.41 Å². The third kappa shape index (κ3) is 4.72. The minimum Gasteiger partial charge on any atom is -0.382 e. The van der Waals surface area contributed by atoms with Crippen LogP contribution in [0, 0.1) is 0 Å². The van der Waals surface area contributed by atoms with E-state index in [1.165, 1.54) is 36.9 Å². The molecule has 0 bridgehead atoms. The van der Waals surface area contributed by atoms with E-state index >= 15 is 0 Å². The SMILES string of the molecule is CCCCCC(C)Nc1ccccc1C(C)(C)C. The van der Waals surface area contributed by atoms with E-state index in [0.29, 0.717) is 6.04 Å². The van der Waals surface area contributed by atoms with Gasteiger partial charge in [0.25, 0.3) is 0 Å². The van der Waals surface area contributed by atoms with Gasteiger partial charge >= 0.3 is 0 Å². The van der Waals surface area contributed by atoms with Crippen molar-refractivity contribution in [2.24, 2.45) is 0 Å². The molecule has 18 heavy (non-hydrogen) atoms. The summed E-state index contributed by atoms with van der Waals surface area (Å²) in [5.41, 5.74) is 2.91. The zero-order valence-corrected chi connectivity index (χ0v) is 12.7. The van der Waals surface area contributed by atoms with Crippen LogP contribution in [0.15, 0.2) is 24.3 Å². The molecular weight excluding hydrogens is 218 g/mol. The van der Waals surface area contributed by atoms with Crippen LogP contribution in [0.4, 0.5) is 5.69 Å². The largest absolute Gasteiger partial charge is 0.382 e. The maximum absolute atomic E-state index is 3.68. The lowest BCUT2D eigenvalue weighted by Gasteiger charge is -2.25. The molecule has 1 heteroatoms. The van der Waals surface area contributed by atoms with Crippen molar-refractivity contribution < 1.29 is 0 Å². The monoisotopic (exact) mass is 247 g/mol. The zero-order valence-electron chi connectivity index (χ0n) is 12.7. The lowest BCUT2D eigenvalue weighted by Crippen LogP contribution is -2.20. The molecule has 1 aromatic carbocycles. The average molecular weight is 247 g/mol. The predicted octanol–water partition coefficient (Wildman–Crippen LogP) is 5.36. The van der Waals surface area contributed by atoms with Gasteiger partial charge in [0.05, 0.1) is 0 Å². The van der Waals surface area contributed by atoms with Gasteiger partial charge in [-0.05, 0) is 30.4 Å². The lowest BCUT2D eigenvalue weighted by molar-refractivity contribution is 0.584. The van der Waals surface area contributed by atoms with Gasteiger partial charge in [0.1, 0.15) is 0 Å². The van der Waals surface area contributed by atoms with Gasteiger partial charge in [0, 0.05) is 11.7 Å². The van der Waals surface area contributed by atoms with E-state index in [4.69, 9.17) is 0 Å². The molecule has 0 fully saturated rings. The Balaban J connectivity index is 2.66. The minimum absolute atomic E-state index is 0.201. The average Bonchev–Trinajstić information content (AvgIpc) is 2.28. The van der Waals surface area contributed by atoms with Crippen LogP contribution in [0.1, 0.15) is 65.9 Å². The topological polar surface area (TPSA) is 12.0 Å². The Morgan fingerprint density at radius 1 is 1.11 bits per heavy atom. The van der Waals surface area contributed by atoms with Crippen LogP contribution in [-0.4, -0.2) is 6.04 Å². The summed E-state index contributed by atoms with van der Waals surface area (Å²) in [6.07, 6.45) is 5.22. The van der Waals surface area contributed by atoms with Crippen LogP contribution in [0.2, 0.25) is 0 Å². The molecule has 1 nitrogen and oxygen atoms in total. The van der Waals surface area contributed by atoms with Gasteiger partial charge < -0.3 is 5.32 Å². The zero-order chi connectivity index (χ0) is 13.6. The van der Waals surface area contributed by atoms with E-state index in [9.17, 15) is 0 Å². The summed E-state index contributed by atoms with van der Waals surface area (Å²) in [5, 5.41) is 3.68. The third-order valence-electron chi connectivity index (χ3n) is 3.38. The van der Waals surface area contributed by atoms with Gasteiger partial charge in [0.15, 0.2) is 0 Å². The van der Waals surface area contributed by atoms with Crippen molar-refractivity contribution in [3.8, 4) is 0 Å². The van der Waals surface area contributed by atoms with Gasteiger partial charge in [-0.25, -0.2) is 0 Å². The summed E-state index contributed by atoms with van der Waals surface area (Å²) in [6.45, 7) is 11.4. The Hall–Kier alpha value is -0.980. The molecule has 102 valence electrons. The van der Waals surface area contributed by atoms with Gasteiger partial charge in [-0.1, -0.05) is 65.2 Å². The standard InChI is InChI=1S/C17H29N/c1-6-7-8-11-14(2)18-16-13-10-9-12-15(16)17(3,4)5/h9-10,12-14,18H,6-8,11H2,1-5H3. The first-order chi connectivity index (χ1) is 8.45. The van der Waals surface area contributed by atoms with Gasteiger partial charge in [-0.3, -0.25) is 0 Å². The van der Waals surface area contributed by atoms with Crippen molar-refractivity contribution in [3.63, 3.8) is 0 Å². The van der Waals surface area contributed by atoms with Crippen LogP contribution in [0.5, 0.6) is 0 Å². The van der Waals surface area contributed by atoms with Crippen molar-refractivity contribution in [3.05, 3.63) is 29.8 Å². The van der Waals surface area contributed by atoms with Crippen molar-refractivity contribution in [1.82, 2.24) is 0 Å². The molecule has 1 N–H and O–H groups in total. The first-order valence-electron chi connectivity index (χ1n) is 7.31. The molecule has 0 radical (unpaired) electrons. The molecule has 0 aliphatic carbocycles. The van der Waals surface area contributed by atoms with E-state index in [2.05, 4.69) is 64.2 Å². The fourth-order valence-electron chi connectivity index (χ4n) is 2.30. The number of hydrogen-bond donors (Lipinski definition) is 1. The third-order valence-corrected chi connectivity index (χ3v) is 3.38. The summed E-state index contributed by atoms with van der Waals surface area (Å²) < 4.78 is 0. The smallest absolute Gasteiger partial charge is 0.0380 e. The molecule has 0 aliphatic rings. The summed E-state index contributed by atoms with van der Waals surface area (Å²) in [6, 6.07) is 9.25. The Morgan fingerprint density at radius 2 is 1.78 bits per heavy atom. The highest BCUT2D eigenvalue weighted by molar-refractivity contribution is 5.54. The molecule has 0 amide bonds. The molecule has 0 saturated heterocycles. The lowest BCUT2D eigenvalue weighted by atomic mass is 9.85. The first kappa shape index (κ1) is 15.1. The maximum atomic E-state index is 3.68. The van der Waals surface area contributed by atoms with Crippen molar-refractivity contribution in [2.45, 2.75) is 71.8 Å². The number of unbranched alkanes of at least 4 members (excludes halogenated alkanes) is 2. The normalized spacial score (nSPS) is 13.4. The Labute approximate surface area is 113 Å². The number of para-hydroxylation sites is 1.